The van der Waals surface area contributed by atoms with Gasteiger partial charge in [-0.3, -0.25) is 48.7 Å². The first kappa shape index (κ1) is 79.4. The number of hydrogen-bond acceptors (Lipinski definition) is 18. The molecule has 0 aromatic heterocycles. The predicted molar refractivity (Wildman–Crippen MR) is 446 cm³/mol. The molecule has 0 saturated heterocycles. The van der Waals surface area contributed by atoms with Crippen LogP contribution in [-0.4, -0.2) is 86.2 Å². The zero-order valence-electron chi connectivity index (χ0n) is 61.8. The SMILES string of the molecule is CC(=O)c1cccc(C(C)=O)c1.CN=C(C)c1cccc(C(C)=Nc2cc(-c3ccc(N)c(N=C(C)c4cccc(C(C)=NC)c4)c3)ccc2N)c1.CNC(=O)c1cccc(C(=O)Nc2cc(-c3ccc(N)c(NC(=O)c4cccc(C(=O)NC)c4)c3)ccc2N)c1.Nc1ccc(-c2ccc(N)c(N)c2)cc1N. The molecule has 22 nitrogen and oxygen atoms in total. The third-order valence-corrected chi connectivity index (χ3v) is 17.4. The molecule has 20 N–H and O–H groups in total. The molecule has 0 spiro atoms. The lowest BCUT2D eigenvalue weighted by Crippen LogP contribution is -2.19. The van der Waals surface area contributed by atoms with Crippen LogP contribution in [0, 0.1) is 0 Å². The number of amides is 4. The van der Waals surface area contributed by atoms with Crippen molar-refractivity contribution in [2.45, 2.75) is 41.5 Å². The second-order valence-electron chi connectivity index (χ2n) is 24.9. The molecule has 548 valence electrons. The van der Waals surface area contributed by atoms with Crippen LogP contribution in [0.2, 0.25) is 0 Å². The van der Waals surface area contributed by atoms with E-state index in [1.54, 1.807) is 123 Å². The second kappa shape index (κ2) is 36.7. The molecule has 0 unspecified atom stereocenters. The van der Waals surface area contributed by atoms with Crippen LogP contribution in [0.3, 0.4) is 0 Å². The minimum absolute atomic E-state index is 0.0156. The van der Waals surface area contributed by atoms with Gasteiger partial charge in [-0.15, -0.1) is 0 Å². The van der Waals surface area contributed by atoms with Crippen LogP contribution in [0.1, 0.15) is 126 Å². The Kier molecular flexibility index (Phi) is 27.0. The number of hydrogen-bond donors (Lipinski definition) is 12. The summed E-state index contributed by atoms with van der Waals surface area (Å²) < 4.78 is 0. The number of nitrogen functional groups attached to an aromatic ring is 8. The summed E-state index contributed by atoms with van der Waals surface area (Å²) >= 11 is 0. The molecule has 0 saturated carbocycles. The zero-order chi connectivity index (χ0) is 78.5. The molecule has 0 aliphatic rings. The van der Waals surface area contributed by atoms with Crippen molar-refractivity contribution in [1.82, 2.24) is 10.6 Å². The normalized spacial score (nSPS) is 11.2. The van der Waals surface area contributed by atoms with Crippen molar-refractivity contribution in [2.75, 3.05) is 84.7 Å². The minimum Gasteiger partial charge on any atom is -0.397 e. The van der Waals surface area contributed by atoms with Crippen molar-refractivity contribution in [3.63, 3.8) is 0 Å². The van der Waals surface area contributed by atoms with Crippen molar-refractivity contribution in [3.05, 3.63) is 286 Å². The van der Waals surface area contributed by atoms with Crippen LogP contribution >= 0.6 is 0 Å². The fourth-order valence-corrected chi connectivity index (χ4v) is 10.8. The summed E-state index contributed by atoms with van der Waals surface area (Å²) in [7, 11) is 6.62. The van der Waals surface area contributed by atoms with E-state index in [0.29, 0.717) is 113 Å². The maximum atomic E-state index is 12.9. The molecule has 0 heterocycles. The van der Waals surface area contributed by atoms with Gasteiger partial charge < -0.3 is 67.1 Å². The Morgan fingerprint density at radius 2 is 0.509 bits per heavy atom. The van der Waals surface area contributed by atoms with Gasteiger partial charge >= 0.3 is 0 Å². The van der Waals surface area contributed by atoms with Gasteiger partial charge in [0.2, 0.25) is 0 Å². The number of Topliss-reactive ketones (excluding diaryl/α,β-unsaturated/α-hetero) is 2. The maximum Gasteiger partial charge on any atom is 0.255 e. The van der Waals surface area contributed by atoms with E-state index in [1.807, 2.05) is 125 Å². The highest BCUT2D eigenvalue weighted by Crippen LogP contribution is 2.36. The van der Waals surface area contributed by atoms with Gasteiger partial charge in [-0.25, -0.2) is 0 Å². The van der Waals surface area contributed by atoms with E-state index < -0.39 is 11.8 Å². The number of carbonyl (C=O) groups is 6. The highest BCUT2D eigenvalue weighted by Gasteiger charge is 2.17. The Balaban J connectivity index is 0.000000201. The molecule has 108 heavy (non-hydrogen) atoms. The molecule has 0 atom stereocenters. The Morgan fingerprint density at radius 1 is 0.259 bits per heavy atom. The van der Waals surface area contributed by atoms with Gasteiger partial charge in [0.05, 0.1) is 68.2 Å². The Hall–Kier alpha value is -14.3. The fraction of sp³-hybridized carbons (Fsp3) is 0.116. The Morgan fingerprint density at radius 3 is 0.815 bits per heavy atom. The molecule has 11 rings (SSSR count). The van der Waals surface area contributed by atoms with Crippen molar-refractivity contribution < 1.29 is 28.8 Å². The Bertz CT molecular complexity index is 5040. The van der Waals surface area contributed by atoms with Gasteiger partial charge in [0.25, 0.3) is 23.6 Å². The van der Waals surface area contributed by atoms with Crippen molar-refractivity contribution in [3.8, 4) is 33.4 Å². The molecule has 0 aliphatic heterocycles. The van der Waals surface area contributed by atoms with Crippen LogP contribution in [-0.2, 0) is 0 Å². The molecule has 4 amide bonds. The molecule has 0 radical (unpaired) electrons. The van der Waals surface area contributed by atoms with E-state index >= 15 is 0 Å². The number of ketones is 2. The van der Waals surface area contributed by atoms with Crippen molar-refractivity contribution in [2.24, 2.45) is 20.0 Å². The quantitative estimate of drug-likeness (QED) is 0.0229. The number of carbonyl (C=O) groups excluding carboxylic acids is 6. The van der Waals surface area contributed by atoms with Crippen molar-refractivity contribution in [1.29, 1.82) is 0 Å². The summed E-state index contributed by atoms with van der Waals surface area (Å²) in [6.45, 7) is 11.0. The van der Waals surface area contributed by atoms with Gasteiger partial charge in [0.15, 0.2) is 11.6 Å². The molecule has 11 aromatic carbocycles. The second-order valence-corrected chi connectivity index (χ2v) is 24.9. The number of nitrogens with zero attached hydrogens (tertiary/aromatic N) is 4. The third kappa shape index (κ3) is 21.0. The number of nitrogens with one attached hydrogen (secondary N) is 4. The molecule has 0 bridgehead atoms. The topological polar surface area (TPSA) is 408 Å². The molecule has 22 heteroatoms. The van der Waals surface area contributed by atoms with Crippen LogP contribution in [0.25, 0.3) is 33.4 Å². The minimum atomic E-state index is -0.432. The summed E-state index contributed by atoms with van der Waals surface area (Å²) in [5, 5.41) is 10.7. The number of nitrogens with two attached hydrogens (primary N) is 8. The lowest BCUT2D eigenvalue weighted by molar-refractivity contribution is 0.0954. The van der Waals surface area contributed by atoms with Crippen LogP contribution in [0.15, 0.2) is 250 Å². The van der Waals surface area contributed by atoms with Crippen LogP contribution in [0.5, 0.6) is 0 Å². The molecule has 11 aromatic rings. The van der Waals surface area contributed by atoms with Gasteiger partial charge in [-0.1, -0.05) is 103 Å². The van der Waals surface area contributed by atoms with Crippen molar-refractivity contribution >= 4 is 126 Å². The van der Waals surface area contributed by atoms with E-state index in [2.05, 4.69) is 43.4 Å². The standard InChI is InChI=1S/C34H36N6.C30H28N6O4.C12H14N4.C10H10O2/c1-21(37-5)25-9-7-11-27(17-25)23(3)39-33-19-29(13-15-31(33)35)30-14-16-32(36)34(20-30)40-24(4)28-12-8-10-26(18-28)22(2)38-6;1-33-27(37)19-5-3-7-21(13-19)29(39)35-25-15-17(9-11-23(25)31)18-10-12-24(32)26(16-18)36-30(40)22-8-4-6-20(14-22)28(38)34-2;13-9-3-1-7(5-11(9)15)8-2-4-10(14)12(16)6-8;1-7(11)9-4-3-5-10(6-9)8(2)12/h7-20H,35-36H2,1-6H3;3-16H,31-32H2,1-2H3,(H,33,37)(H,34,38)(H,35,39)(H,36,40);1-6H,13-16H2;3-6H,1-2H3. The monoisotopic (exact) mass is 1440 g/mol. The summed E-state index contributed by atoms with van der Waals surface area (Å²) in [5.74, 6) is -1.50. The maximum absolute atomic E-state index is 12.9. The number of aliphatic imine (C=N–C) groups is 4. The van der Waals surface area contributed by atoms with Gasteiger partial charge in [-0.05, 0) is 225 Å². The number of anilines is 10. The lowest BCUT2D eigenvalue weighted by atomic mass is 10.0. The third-order valence-electron chi connectivity index (χ3n) is 17.4. The first-order valence-corrected chi connectivity index (χ1v) is 34.1. The summed E-state index contributed by atoms with van der Waals surface area (Å²) in [6, 6.07) is 68.9. The van der Waals surface area contributed by atoms with E-state index in [-0.39, 0.29) is 23.4 Å². The average molecular weight is 1440 g/mol. The lowest BCUT2D eigenvalue weighted by Gasteiger charge is -2.14. The first-order valence-electron chi connectivity index (χ1n) is 34.1. The molecule has 0 aliphatic carbocycles. The highest BCUT2D eigenvalue weighted by atomic mass is 16.2. The molecule has 0 fully saturated rings. The molecular formula is C86H88N16O6. The van der Waals surface area contributed by atoms with Gasteiger partial charge in [0.1, 0.15) is 0 Å². The van der Waals surface area contributed by atoms with E-state index in [9.17, 15) is 28.8 Å². The summed E-state index contributed by atoms with van der Waals surface area (Å²) in [4.78, 5) is 89.9. The largest absolute Gasteiger partial charge is 0.397 e. The van der Waals surface area contributed by atoms with Gasteiger partial charge in [-0.2, -0.15) is 0 Å². The van der Waals surface area contributed by atoms with Crippen LogP contribution < -0.4 is 67.1 Å². The summed E-state index contributed by atoms with van der Waals surface area (Å²) in [6.07, 6.45) is 0. The van der Waals surface area contributed by atoms with E-state index in [0.717, 1.165) is 67.4 Å². The Labute approximate surface area is 628 Å². The summed E-state index contributed by atoms with van der Waals surface area (Å²) in [5.41, 5.74) is 69.8. The van der Waals surface area contributed by atoms with E-state index in [4.69, 9.17) is 55.9 Å². The number of benzene rings is 11. The fourth-order valence-electron chi connectivity index (χ4n) is 10.8. The smallest absolute Gasteiger partial charge is 0.255 e. The van der Waals surface area contributed by atoms with Crippen LogP contribution in [0.4, 0.5) is 68.2 Å². The first-order chi connectivity index (χ1) is 51.6. The van der Waals surface area contributed by atoms with Gasteiger partial charge in [0, 0.05) is 84.4 Å². The average Bonchev–Trinajstić information content (AvgIpc) is 0.802. The highest BCUT2D eigenvalue weighted by molar-refractivity contribution is 6.10. The molecular weight excluding hydrogens is 1350 g/mol. The number of rotatable bonds is 17. The van der Waals surface area contributed by atoms with E-state index in [1.165, 1.54) is 40.1 Å². The predicted octanol–water partition coefficient (Wildman–Crippen LogP) is 15.2. The zero-order valence-corrected chi connectivity index (χ0v) is 61.8.